The van der Waals surface area contributed by atoms with E-state index < -0.39 is 5.60 Å². The number of thiophene rings is 1. The first-order chi connectivity index (χ1) is 9.53. The first-order valence-corrected chi connectivity index (χ1v) is 7.59. The van der Waals surface area contributed by atoms with Crippen molar-refractivity contribution < 1.29 is 9.84 Å². The van der Waals surface area contributed by atoms with Crippen LogP contribution in [0.15, 0.2) is 41.1 Å². The molecule has 3 nitrogen and oxygen atoms in total. The molecule has 1 aromatic carbocycles. The van der Waals surface area contributed by atoms with Crippen molar-refractivity contribution in [3.05, 3.63) is 52.2 Å². The van der Waals surface area contributed by atoms with Crippen LogP contribution in [0, 0.1) is 0 Å². The summed E-state index contributed by atoms with van der Waals surface area (Å²) in [7, 11) is 1.66. The van der Waals surface area contributed by atoms with Crippen molar-refractivity contribution in [1.82, 2.24) is 5.32 Å². The number of benzene rings is 1. The minimum Gasteiger partial charge on any atom is -0.497 e. The molecule has 0 saturated heterocycles. The summed E-state index contributed by atoms with van der Waals surface area (Å²) >= 11 is 1.60. The molecule has 0 fully saturated rings. The molecule has 2 unspecified atom stereocenters. The van der Waals surface area contributed by atoms with Crippen molar-refractivity contribution in [2.45, 2.75) is 25.5 Å². The third-order valence-corrected chi connectivity index (χ3v) is 4.19. The molecule has 0 amide bonds. The second-order valence-corrected chi connectivity index (χ2v) is 5.94. The molecule has 0 aliphatic carbocycles. The van der Waals surface area contributed by atoms with Crippen LogP contribution >= 0.6 is 11.3 Å². The summed E-state index contributed by atoms with van der Waals surface area (Å²) < 4.78 is 5.15. The molecule has 0 saturated carbocycles. The van der Waals surface area contributed by atoms with Gasteiger partial charge in [0.2, 0.25) is 0 Å². The Bertz CT molecular complexity index is 520. The number of rotatable bonds is 6. The standard InChI is InChI=1S/C16H21NO2S/c1-12(13-4-6-15(19-3)7-5-13)17-11-16(2,18)14-8-9-20-10-14/h4-10,12,17-18H,11H2,1-3H3. The monoisotopic (exact) mass is 291 g/mol. The molecule has 2 aromatic rings. The third-order valence-electron chi connectivity index (χ3n) is 3.51. The van der Waals surface area contributed by atoms with E-state index >= 15 is 0 Å². The Morgan fingerprint density at radius 2 is 2.00 bits per heavy atom. The molecule has 0 radical (unpaired) electrons. The highest BCUT2D eigenvalue weighted by Gasteiger charge is 2.24. The highest BCUT2D eigenvalue weighted by molar-refractivity contribution is 7.08. The molecular formula is C16H21NO2S. The van der Waals surface area contributed by atoms with Gasteiger partial charge in [-0.1, -0.05) is 12.1 Å². The number of nitrogens with one attached hydrogen (secondary N) is 1. The Balaban J connectivity index is 1.96. The third kappa shape index (κ3) is 3.60. The van der Waals surface area contributed by atoms with Gasteiger partial charge in [0.1, 0.15) is 11.4 Å². The van der Waals surface area contributed by atoms with Crippen molar-refractivity contribution >= 4 is 11.3 Å². The van der Waals surface area contributed by atoms with Gasteiger partial charge in [0.25, 0.3) is 0 Å². The molecule has 2 atom stereocenters. The summed E-state index contributed by atoms with van der Waals surface area (Å²) in [4.78, 5) is 0. The van der Waals surface area contributed by atoms with Crippen LogP contribution < -0.4 is 10.1 Å². The van der Waals surface area contributed by atoms with E-state index in [0.717, 1.165) is 11.3 Å². The van der Waals surface area contributed by atoms with E-state index in [4.69, 9.17) is 4.74 Å². The lowest BCUT2D eigenvalue weighted by Gasteiger charge is -2.25. The lowest BCUT2D eigenvalue weighted by Crippen LogP contribution is -2.36. The predicted octanol–water partition coefficient (Wildman–Crippen LogP) is 3.32. The molecule has 1 aromatic heterocycles. The molecule has 0 aliphatic heterocycles. The zero-order valence-corrected chi connectivity index (χ0v) is 12.9. The highest BCUT2D eigenvalue weighted by atomic mass is 32.1. The quantitative estimate of drug-likeness (QED) is 0.858. The van der Waals surface area contributed by atoms with Gasteiger partial charge < -0.3 is 15.2 Å². The molecular weight excluding hydrogens is 270 g/mol. The minimum absolute atomic E-state index is 0.172. The Labute approximate surface area is 124 Å². The second-order valence-electron chi connectivity index (χ2n) is 5.16. The molecule has 2 rings (SSSR count). The largest absolute Gasteiger partial charge is 0.497 e. The summed E-state index contributed by atoms with van der Waals surface area (Å²) in [5.74, 6) is 0.853. The van der Waals surface area contributed by atoms with Gasteiger partial charge in [-0.3, -0.25) is 0 Å². The van der Waals surface area contributed by atoms with E-state index in [1.54, 1.807) is 18.4 Å². The van der Waals surface area contributed by atoms with Crippen molar-refractivity contribution in [2.24, 2.45) is 0 Å². The highest BCUT2D eigenvalue weighted by Crippen LogP contribution is 2.24. The number of hydrogen-bond acceptors (Lipinski definition) is 4. The van der Waals surface area contributed by atoms with Gasteiger partial charge in [-0.25, -0.2) is 0 Å². The van der Waals surface area contributed by atoms with Crippen LogP contribution in [-0.2, 0) is 5.60 Å². The zero-order valence-electron chi connectivity index (χ0n) is 12.1. The molecule has 108 valence electrons. The zero-order chi connectivity index (χ0) is 14.6. The summed E-state index contributed by atoms with van der Waals surface area (Å²) in [5.41, 5.74) is 1.28. The molecule has 1 heterocycles. The molecule has 0 spiro atoms. The van der Waals surface area contributed by atoms with Crippen LogP contribution in [0.2, 0.25) is 0 Å². The van der Waals surface area contributed by atoms with Gasteiger partial charge in [-0.15, -0.1) is 0 Å². The summed E-state index contributed by atoms with van der Waals surface area (Å²) in [6, 6.07) is 10.1. The van der Waals surface area contributed by atoms with Gasteiger partial charge in [-0.05, 0) is 53.9 Å². The summed E-state index contributed by atoms with van der Waals surface area (Å²) in [6.45, 7) is 4.44. The molecule has 2 N–H and O–H groups in total. The molecule has 20 heavy (non-hydrogen) atoms. The predicted molar refractivity (Wildman–Crippen MR) is 83.3 cm³/mol. The fourth-order valence-corrected chi connectivity index (χ4v) is 2.82. The minimum atomic E-state index is -0.846. The van der Waals surface area contributed by atoms with E-state index in [1.807, 2.05) is 48.0 Å². The lowest BCUT2D eigenvalue weighted by atomic mass is 9.98. The Morgan fingerprint density at radius 1 is 1.30 bits per heavy atom. The van der Waals surface area contributed by atoms with E-state index in [0.29, 0.717) is 6.54 Å². The average molecular weight is 291 g/mol. The van der Waals surface area contributed by atoms with Crippen molar-refractivity contribution in [3.63, 3.8) is 0 Å². The molecule has 0 bridgehead atoms. The van der Waals surface area contributed by atoms with Gasteiger partial charge in [0.15, 0.2) is 0 Å². The Hall–Kier alpha value is -1.36. The van der Waals surface area contributed by atoms with Gasteiger partial charge >= 0.3 is 0 Å². The first kappa shape index (κ1) is 15.0. The van der Waals surface area contributed by atoms with Crippen LogP contribution in [-0.4, -0.2) is 18.8 Å². The van der Waals surface area contributed by atoms with E-state index in [2.05, 4.69) is 12.2 Å². The van der Waals surface area contributed by atoms with E-state index in [1.165, 1.54) is 5.56 Å². The van der Waals surface area contributed by atoms with E-state index in [-0.39, 0.29) is 6.04 Å². The maximum Gasteiger partial charge on any atom is 0.118 e. The van der Waals surface area contributed by atoms with Gasteiger partial charge in [0, 0.05) is 12.6 Å². The summed E-state index contributed by atoms with van der Waals surface area (Å²) in [6.07, 6.45) is 0. The lowest BCUT2D eigenvalue weighted by molar-refractivity contribution is 0.0548. The SMILES string of the molecule is COc1ccc(C(C)NCC(C)(O)c2ccsc2)cc1. The van der Waals surface area contributed by atoms with Gasteiger partial charge in [0.05, 0.1) is 7.11 Å². The van der Waals surface area contributed by atoms with Crippen LogP contribution in [0.4, 0.5) is 0 Å². The fourth-order valence-electron chi connectivity index (χ4n) is 2.04. The fraction of sp³-hybridized carbons (Fsp3) is 0.375. The average Bonchev–Trinajstić information content (AvgIpc) is 3.00. The maximum absolute atomic E-state index is 10.5. The van der Waals surface area contributed by atoms with E-state index in [9.17, 15) is 5.11 Å². The maximum atomic E-state index is 10.5. The van der Waals surface area contributed by atoms with Crippen molar-refractivity contribution in [3.8, 4) is 5.75 Å². The molecule has 4 heteroatoms. The second kappa shape index (κ2) is 6.39. The summed E-state index contributed by atoms with van der Waals surface area (Å²) in [5, 5.41) is 17.8. The number of aliphatic hydroxyl groups is 1. The van der Waals surface area contributed by atoms with Crippen LogP contribution in [0.5, 0.6) is 5.75 Å². The first-order valence-electron chi connectivity index (χ1n) is 6.65. The van der Waals surface area contributed by atoms with Gasteiger partial charge in [-0.2, -0.15) is 11.3 Å². The molecule has 0 aliphatic rings. The number of methoxy groups -OCH3 is 1. The smallest absolute Gasteiger partial charge is 0.118 e. The topological polar surface area (TPSA) is 41.5 Å². The van der Waals surface area contributed by atoms with Crippen LogP contribution in [0.3, 0.4) is 0 Å². The van der Waals surface area contributed by atoms with Crippen molar-refractivity contribution in [1.29, 1.82) is 0 Å². The Kier molecular flexibility index (Phi) is 4.81. The van der Waals surface area contributed by atoms with Crippen LogP contribution in [0.25, 0.3) is 0 Å². The number of ether oxygens (including phenoxy) is 1. The normalized spacial score (nSPS) is 15.6. The number of hydrogen-bond donors (Lipinski definition) is 2. The van der Waals surface area contributed by atoms with Crippen molar-refractivity contribution in [2.75, 3.05) is 13.7 Å². The van der Waals surface area contributed by atoms with Crippen LogP contribution in [0.1, 0.15) is 31.0 Å². The Morgan fingerprint density at radius 3 is 2.55 bits per heavy atom.